The number of rotatable bonds is 4. The highest BCUT2D eigenvalue weighted by Gasteiger charge is 2.23. The third kappa shape index (κ3) is 3.44. The number of nitrogens with two attached hydrogens (primary N) is 1. The molecule has 0 aromatic heterocycles. The van der Waals surface area contributed by atoms with Gasteiger partial charge in [0.05, 0.1) is 11.6 Å². The van der Waals surface area contributed by atoms with E-state index < -0.39 is 29.5 Å². The molecule has 2 unspecified atom stereocenters. The number of amides is 1. The highest BCUT2D eigenvalue weighted by molar-refractivity contribution is 5.93. The second-order valence-electron chi connectivity index (χ2n) is 4.82. The summed E-state index contributed by atoms with van der Waals surface area (Å²) in [6.07, 6.45) is 0. The molecule has 3 N–H and O–H groups in total. The molecular formula is C16H16F2N2O. The summed E-state index contributed by atoms with van der Waals surface area (Å²) in [7, 11) is 0. The normalized spacial score (nSPS) is 13.5. The van der Waals surface area contributed by atoms with Crippen LogP contribution in [0.25, 0.3) is 0 Å². The fourth-order valence-corrected chi connectivity index (χ4v) is 1.97. The summed E-state index contributed by atoms with van der Waals surface area (Å²) in [5.41, 5.74) is 6.65. The van der Waals surface area contributed by atoms with Crippen molar-refractivity contribution in [3.8, 4) is 0 Å². The predicted molar refractivity (Wildman–Crippen MR) is 77.5 cm³/mol. The minimum absolute atomic E-state index is 0.188. The van der Waals surface area contributed by atoms with Crippen LogP contribution in [0.5, 0.6) is 0 Å². The first kappa shape index (κ1) is 15.1. The Morgan fingerprint density at radius 3 is 2.43 bits per heavy atom. The van der Waals surface area contributed by atoms with Crippen molar-refractivity contribution in [2.24, 2.45) is 11.7 Å². The molecule has 0 aliphatic heterocycles. The summed E-state index contributed by atoms with van der Waals surface area (Å²) in [6.45, 7) is 1.64. The van der Waals surface area contributed by atoms with Gasteiger partial charge in [0.2, 0.25) is 5.91 Å². The number of hydrogen-bond acceptors (Lipinski definition) is 2. The van der Waals surface area contributed by atoms with E-state index >= 15 is 0 Å². The lowest BCUT2D eigenvalue weighted by atomic mass is 9.94. The molecule has 0 radical (unpaired) electrons. The molecule has 0 bridgehead atoms. The highest BCUT2D eigenvalue weighted by atomic mass is 19.2. The zero-order chi connectivity index (χ0) is 15.4. The van der Waals surface area contributed by atoms with Crippen LogP contribution < -0.4 is 11.1 Å². The molecule has 0 aliphatic rings. The lowest BCUT2D eigenvalue weighted by Gasteiger charge is -2.20. The maximum Gasteiger partial charge on any atom is 0.229 e. The third-order valence-electron chi connectivity index (χ3n) is 3.35. The van der Waals surface area contributed by atoms with E-state index in [1.807, 2.05) is 30.3 Å². The van der Waals surface area contributed by atoms with Gasteiger partial charge in [-0.25, -0.2) is 8.78 Å². The van der Waals surface area contributed by atoms with E-state index in [9.17, 15) is 13.6 Å². The first-order chi connectivity index (χ1) is 10.0. The van der Waals surface area contributed by atoms with E-state index in [4.69, 9.17) is 5.73 Å². The van der Waals surface area contributed by atoms with Crippen LogP contribution in [0.15, 0.2) is 48.5 Å². The monoisotopic (exact) mass is 290 g/mol. The molecule has 0 heterocycles. The largest absolute Gasteiger partial charge is 0.323 e. The van der Waals surface area contributed by atoms with Gasteiger partial charge in [-0.15, -0.1) is 0 Å². The van der Waals surface area contributed by atoms with Crippen LogP contribution in [0.1, 0.15) is 18.5 Å². The molecule has 0 aliphatic carbocycles. The molecule has 110 valence electrons. The molecule has 5 heteroatoms. The topological polar surface area (TPSA) is 55.1 Å². The Kier molecular flexibility index (Phi) is 4.65. The molecule has 21 heavy (non-hydrogen) atoms. The molecule has 2 aromatic carbocycles. The van der Waals surface area contributed by atoms with Gasteiger partial charge in [-0.05, 0) is 17.7 Å². The van der Waals surface area contributed by atoms with Crippen LogP contribution in [0.3, 0.4) is 0 Å². The lowest BCUT2D eigenvalue weighted by molar-refractivity contribution is -0.120. The molecule has 2 rings (SSSR count). The van der Waals surface area contributed by atoms with Crippen molar-refractivity contribution in [3.63, 3.8) is 0 Å². The first-order valence-corrected chi connectivity index (χ1v) is 6.56. The Balaban J connectivity index is 2.11. The number of anilines is 1. The van der Waals surface area contributed by atoms with Crippen LogP contribution in [-0.2, 0) is 4.79 Å². The fraction of sp³-hybridized carbons (Fsp3) is 0.188. The SMILES string of the molecule is CC(C(=O)Nc1cccc(F)c1F)C(N)c1ccccc1. The molecule has 3 nitrogen and oxygen atoms in total. The Bertz CT molecular complexity index is 631. The van der Waals surface area contributed by atoms with Crippen molar-refractivity contribution in [3.05, 3.63) is 65.7 Å². The number of nitrogens with one attached hydrogen (secondary N) is 1. The summed E-state index contributed by atoms with van der Waals surface area (Å²) >= 11 is 0. The molecule has 0 saturated heterocycles. The maximum atomic E-state index is 13.5. The van der Waals surface area contributed by atoms with Gasteiger partial charge in [0.25, 0.3) is 0 Å². The van der Waals surface area contributed by atoms with Crippen molar-refractivity contribution in [2.75, 3.05) is 5.32 Å². The average Bonchev–Trinajstić information content (AvgIpc) is 2.51. The Hall–Kier alpha value is -2.27. The summed E-state index contributed by atoms with van der Waals surface area (Å²) in [5, 5.41) is 2.37. The zero-order valence-corrected chi connectivity index (χ0v) is 11.5. The Morgan fingerprint density at radius 2 is 1.76 bits per heavy atom. The molecule has 0 spiro atoms. The third-order valence-corrected chi connectivity index (χ3v) is 3.35. The Morgan fingerprint density at radius 1 is 1.10 bits per heavy atom. The summed E-state index contributed by atoms with van der Waals surface area (Å²) in [6, 6.07) is 12.2. The minimum Gasteiger partial charge on any atom is -0.323 e. The van der Waals surface area contributed by atoms with Gasteiger partial charge in [0.1, 0.15) is 0 Å². The van der Waals surface area contributed by atoms with Gasteiger partial charge >= 0.3 is 0 Å². The lowest BCUT2D eigenvalue weighted by Crippen LogP contribution is -2.30. The van der Waals surface area contributed by atoms with Crippen LogP contribution in [0.2, 0.25) is 0 Å². The molecule has 1 amide bonds. The zero-order valence-electron chi connectivity index (χ0n) is 11.5. The van der Waals surface area contributed by atoms with Crippen LogP contribution in [0, 0.1) is 17.6 Å². The summed E-state index contributed by atoms with van der Waals surface area (Å²) < 4.78 is 26.6. The standard InChI is InChI=1S/C16H16F2N2O/c1-10(15(19)11-6-3-2-4-7-11)16(21)20-13-9-5-8-12(17)14(13)18/h2-10,15H,19H2,1H3,(H,20,21). The van der Waals surface area contributed by atoms with Crippen molar-refractivity contribution in [1.82, 2.24) is 0 Å². The average molecular weight is 290 g/mol. The maximum absolute atomic E-state index is 13.5. The smallest absolute Gasteiger partial charge is 0.229 e. The van der Waals surface area contributed by atoms with E-state index in [1.54, 1.807) is 6.92 Å². The van der Waals surface area contributed by atoms with E-state index in [0.717, 1.165) is 11.6 Å². The van der Waals surface area contributed by atoms with Gasteiger partial charge in [0.15, 0.2) is 11.6 Å². The van der Waals surface area contributed by atoms with Gasteiger partial charge < -0.3 is 11.1 Å². The van der Waals surface area contributed by atoms with Crippen molar-refractivity contribution in [1.29, 1.82) is 0 Å². The first-order valence-electron chi connectivity index (χ1n) is 6.56. The molecule has 0 saturated carbocycles. The molecule has 2 atom stereocenters. The quantitative estimate of drug-likeness (QED) is 0.908. The van der Waals surface area contributed by atoms with Gasteiger partial charge in [0, 0.05) is 6.04 Å². The van der Waals surface area contributed by atoms with E-state index in [1.165, 1.54) is 12.1 Å². The molecule has 0 fully saturated rings. The molecular weight excluding hydrogens is 274 g/mol. The van der Waals surface area contributed by atoms with Crippen molar-refractivity contribution < 1.29 is 13.6 Å². The van der Waals surface area contributed by atoms with E-state index in [-0.39, 0.29) is 5.69 Å². The predicted octanol–water partition coefficient (Wildman–Crippen LogP) is 3.24. The van der Waals surface area contributed by atoms with Crippen LogP contribution >= 0.6 is 0 Å². The number of carbonyl (C=O) groups excluding carboxylic acids is 1. The van der Waals surface area contributed by atoms with Crippen LogP contribution in [-0.4, -0.2) is 5.91 Å². The van der Waals surface area contributed by atoms with E-state index in [2.05, 4.69) is 5.32 Å². The minimum atomic E-state index is -1.08. The summed E-state index contributed by atoms with van der Waals surface area (Å²) in [5.74, 6) is -3.13. The number of benzene rings is 2. The van der Waals surface area contributed by atoms with Crippen LogP contribution in [0.4, 0.5) is 14.5 Å². The highest BCUT2D eigenvalue weighted by Crippen LogP contribution is 2.22. The van der Waals surface area contributed by atoms with Crippen molar-refractivity contribution in [2.45, 2.75) is 13.0 Å². The number of halogens is 2. The molecule has 2 aromatic rings. The second kappa shape index (κ2) is 6.45. The van der Waals surface area contributed by atoms with Gasteiger partial charge in [-0.1, -0.05) is 43.3 Å². The van der Waals surface area contributed by atoms with Crippen molar-refractivity contribution >= 4 is 11.6 Å². The number of carbonyl (C=O) groups is 1. The second-order valence-corrected chi connectivity index (χ2v) is 4.82. The fourth-order valence-electron chi connectivity index (χ4n) is 1.97. The Labute approximate surface area is 121 Å². The van der Waals surface area contributed by atoms with Gasteiger partial charge in [-0.2, -0.15) is 0 Å². The van der Waals surface area contributed by atoms with E-state index in [0.29, 0.717) is 0 Å². The summed E-state index contributed by atoms with van der Waals surface area (Å²) in [4.78, 5) is 12.1. The van der Waals surface area contributed by atoms with Gasteiger partial charge in [-0.3, -0.25) is 4.79 Å². The number of hydrogen-bond donors (Lipinski definition) is 2.